The number of ether oxygens (including phenoxy) is 1. The molecule has 1 aromatic carbocycles. The van der Waals surface area contributed by atoms with Crippen molar-refractivity contribution in [2.45, 2.75) is 26.4 Å². The van der Waals surface area contributed by atoms with E-state index < -0.39 is 0 Å². The van der Waals surface area contributed by atoms with Gasteiger partial charge in [-0.3, -0.25) is 9.55 Å². The van der Waals surface area contributed by atoms with E-state index in [1.165, 1.54) is 11.1 Å². The zero-order valence-corrected chi connectivity index (χ0v) is 14.5. The summed E-state index contributed by atoms with van der Waals surface area (Å²) >= 11 is 0. The third-order valence-electron chi connectivity index (χ3n) is 4.68. The van der Waals surface area contributed by atoms with Crippen LogP contribution in [0.4, 0.5) is 5.95 Å². The van der Waals surface area contributed by atoms with E-state index in [0.29, 0.717) is 0 Å². The molecule has 1 aliphatic heterocycles. The molecule has 1 aliphatic rings. The van der Waals surface area contributed by atoms with Gasteiger partial charge < -0.3 is 9.64 Å². The van der Waals surface area contributed by atoms with Crippen molar-refractivity contribution in [1.82, 2.24) is 19.7 Å². The summed E-state index contributed by atoms with van der Waals surface area (Å²) in [5.74, 6) is 2.67. The van der Waals surface area contributed by atoms with Crippen LogP contribution in [0, 0.1) is 0 Å². The largest absolute Gasteiger partial charge is 0.497 e. The van der Waals surface area contributed by atoms with E-state index in [1.54, 1.807) is 13.3 Å². The number of hydrogen-bond donors (Lipinski definition) is 0. The molecule has 0 radical (unpaired) electrons. The van der Waals surface area contributed by atoms with Gasteiger partial charge in [0.05, 0.1) is 7.11 Å². The number of benzene rings is 1. The average Bonchev–Trinajstić information content (AvgIpc) is 3.11. The topological polar surface area (TPSA) is 56.1 Å². The molecule has 3 aromatic rings. The number of rotatable bonds is 4. The molecule has 0 bridgehead atoms. The Labute approximate surface area is 147 Å². The Hall–Kier alpha value is -2.89. The molecule has 0 saturated heterocycles. The van der Waals surface area contributed by atoms with Gasteiger partial charge in [-0.15, -0.1) is 10.2 Å². The lowest BCUT2D eigenvalue weighted by Gasteiger charge is -2.30. The van der Waals surface area contributed by atoms with Gasteiger partial charge >= 0.3 is 0 Å². The van der Waals surface area contributed by atoms with Crippen molar-refractivity contribution in [3.05, 3.63) is 53.9 Å². The van der Waals surface area contributed by atoms with E-state index in [2.05, 4.69) is 43.7 Å². The molecule has 2 aromatic heterocycles. The molecule has 0 saturated carbocycles. The third-order valence-corrected chi connectivity index (χ3v) is 4.68. The van der Waals surface area contributed by atoms with Crippen molar-refractivity contribution in [3.8, 4) is 17.1 Å². The molecule has 25 heavy (non-hydrogen) atoms. The average molecular weight is 335 g/mol. The van der Waals surface area contributed by atoms with Crippen molar-refractivity contribution < 1.29 is 4.74 Å². The minimum Gasteiger partial charge on any atom is -0.497 e. The SMILES string of the molecule is CCn1c(-c2cccnc2)nnc1N1CCc2ccc(OC)cc2C1. The van der Waals surface area contributed by atoms with Crippen molar-refractivity contribution in [2.75, 3.05) is 18.6 Å². The standard InChI is InChI=1S/C19H21N5O/c1-3-24-18(15-5-4-9-20-12-15)21-22-19(24)23-10-8-14-6-7-17(25-2)11-16(14)13-23/h4-7,9,11-12H,3,8,10,13H2,1-2H3. The maximum absolute atomic E-state index is 5.37. The van der Waals surface area contributed by atoms with Crippen LogP contribution in [0.15, 0.2) is 42.7 Å². The molecule has 3 heterocycles. The van der Waals surface area contributed by atoms with E-state index in [4.69, 9.17) is 4.74 Å². The monoisotopic (exact) mass is 335 g/mol. The molecule has 0 amide bonds. The smallest absolute Gasteiger partial charge is 0.227 e. The predicted molar refractivity (Wildman–Crippen MR) is 96.7 cm³/mol. The maximum Gasteiger partial charge on any atom is 0.227 e. The summed E-state index contributed by atoms with van der Waals surface area (Å²) in [5, 5.41) is 8.91. The predicted octanol–water partition coefficient (Wildman–Crippen LogP) is 2.93. The summed E-state index contributed by atoms with van der Waals surface area (Å²) in [7, 11) is 1.70. The normalized spacial score (nSPS) is 13.6. The highest BCUT2D eigenvalue weighted by Crippen LogP contribution is 2.28. The summed E-state index contributed by atoms with van der Waals surface area (Å²) < 4.78 is 7.52. The molecule has 0 spiro atoms. The summed E-state index contributed by atoms with van der Waals surface area (Å²) in [6.07, 6.45) is 4.60. The lowest BCUT2D eigenvalue weighted by Crippen LogP contribution is -2.32. The van der Waals surface area contributed by atoms with Crippen LogP contribution in [0.5, 0.6) is 5.75 Å². The van der Waals surface area contributed by atoms with Crippen molar-refractivity contribution >= 4 is 5.95 Å². The molecule has 0 N–H and O–H groups in total. The summed E-state index contributed by atoms with van der Waals surface area (Å²) in [5.41, 5.74) is 3.66. The number of hydrogen-bond acceptors (Lipinski definition) is 5. The Morgan fingerprint density at radius 3 is 2.84 bits per heavy atom. The molecule has 128 valence electrons. The fourth-order valence-electron chi connectivity index (χ4n) is 3.36. The van der Waals surface area contributed by atoms with Crippen LogP contribution in [0.3, 0.4) is 0 Å². The molecular weight excluding hydrogens is 314 g/mol. The summed E-state index contributed by atoms with van der Waals surface area (Å²) in [6.45, 7) is 4.68. The van der Waals surface area contributed by atoms with Crippen LogP contribution in [0.25, 0.3) is 11.4 Å². The highest BCUT2D eigenvalue weighted by molar-refractivity contribution is 5.57. The Kier molecular flexibility index (Phi) is 4.09. The van der Waals surface area contributed by atoms with Gasteiger partial charge in [-0.1, -0.05) is 6.07 Å². The van der Waals surface area contributed by atoms with Gasteiger partial charge in [0.1, 0.15) is 5.75 Å². The van der Waals surface area contributed by atoms with E-state index in [-0.39, 0.29) is 0 Å². The molecule has 6 heteroatoms. The first kappa shape index (κ1) is 15.6. The number of methoxy groups -OCH3 is 1. The summed E-state index contributed by atoms with van der Waals surface area (Å²) in [4.78, 5) is 6.49. The molecule has 0 aliphatic carbocycles. The minimum absolute atomic E-state index is 0.814. The molecule has 0 atom stereocenters. The lowest BCUT2D eigenvalue weighted by atomic mass is 10.00. The maximum atomic E-state index is 5.37. The van der Waals surface area contributed by atoms with E-state index in [9.17, 15) is 0 Å². The van der Waals surface area contributed by atoms with Gasteiger partial charge in [-0.05, 0) is 48.7 Å². The molecule has 0 unspecified atom stereocenters. The van der Waals surface area contributed by atoms with Gasteiger partial charge in [-0.25, -0.2) is 0 Å². The van der Waals surface area contributed by atoms with Crippen LogP contribution in [-0.4, -0.2) is 33.4 Å². The van der Waals surface area contributed by atoms with E-state index in [1.807, 2.05) is 24.4 Å². The van der Waals surface area contributed by atoms with Gasteiger partial charge in [0.25, 0.3) is 0 Å². The van der Waals surface area contributed by atoms with Crippen molar-refractivity contribution in [3.63, 3.8) is 0 Å². The second kappa shape index (κ2) is 6.55. The van der Waals surface area contributed by atoms with Gasteiger partial charge in [0.15, 0.2) is 5.82 Å². The molecule has 4 rings (SSSR count). The van der Waals surface area contributed by atoms with Gasteiger partial charge in [0, 0.05) is 37.6 Å². The number of pyridine rings is 1. The molecule has 6 nitrogen and oxygen atoms in total. The van der Waals surface area contributed by atoms with Crippen molar-refractivity contribution in [1.29, 1.82) is 0 Å². The highest BCUT2D eigenvalue weighted by atomic mass is 16.5. The zero-order chi connectivity index (χ0) is 17.2. The number of anilines is 1. The first-order valence-electron chi connectivity index (χ1n) is 8.54. The van der Waals surface area contributed by atoms with Gasteiger partial charge in [0.2, 0.25) is 5.95 Å². The second-order valence-corrected chi connectivity index (χ2v) is 6.12. The van der Waals surface area contributed by atoms with Crippen LogP contribution in [-0.2, 0) is 19.5 Å². The number of nitrogens with zero attached hydrogens (tertiary/aromatic N) is 5. The zero-order valence-electron chi connectivity index (χ0n) is 14.5. The summed E-state index contributed by atoms with van der Waals surface area (Å²) in [6, 6.07) is 10.3. The Morgan fingerprint density at radius 2 is 2.08 bits per heavy atom. The molecular formula is C19H21N5O. The lowest BCUT2D eigenvalue weighted by molar-refractivity contribution is 0.413. The van der Waals surface area contributed by atoms with Crippen molar-refractivity contribution in [2.24, 2.45) is 0 Å². The van der Waals surface area contributed by atoms with Crippen LogP contribution in [0.2, 0.25) is 0 Å². The fraction of sp³-hybridized carbons (Fsp3) is 0.316. The second-order valence-electron chi connectivity index (χ2n) is 6.12. The number of aromatic nitrogens is 4. The fourth-order valence-corrected chi connectivity index (χ4v) is 3.36. The molecule has 0 fully saturated rings. The Bertz CT molecular complexity index is 875. The first-order valence-corrected chi connectivity index (χ1v) is 8.54. The number of fused-ring (bicyclic) bond motifs is 1. The van der Waals surface area contributed by atoms with Crippen LogP contribution in [0.1, 0.15) is 18.1 Å². The Balaban J connectivity index is 1.68. The Morgan fingerprint density at radius 1 is 1.16 bits per heavy atom. The quantitative estimate of drug-likeness (QED) is 0.734. The van der Waals surface area contributed by atoms with Crippen LogP contribution < -0.4 is 9.64 Å². The first-order chi connectivity index (χ1) is 12.3. The minimum atomic E-state index is 0.814. The van der Waals surface area contributed by atoms with E-state index >= 15 is 0 Å². The van der Waals surface area contributed by atoms with Gasteiger partial charge in [-0.2, -0.15) is 0 Å². The van der Waals surface area contributed by atoms with Crippen LogP contribution >= 0.6 is 0 Å². The van der Waals surface area contributed by atoms with E-state index in [0.717, 1.165) is 49.1 Å². The highest BCUT2D eigenvalue weighted by Gasteiger charge is 2.23. The third kappa shape index (κ3) is 2.84.